The van der Waals surface area contributed by atoms with E-state index in [1.165, 1.54) is 32.1 Å². The van der Waals surface area contributed by atoms with Crippen molar-refractivity contribution in [3.8, 4) is 0 Å². The highest BCUT2D eigenvalue weighted by Gasteiger charge is 2.54. The lowest BCUT2D eigenvalue weighted by Crippen LogP contribution is -2.44. The summed E-state index contributed by atoms with van der Waals surface area (Å²) in [5.41, 5.74) is 4.24. The predicted octanol–water partition coefficient (Wildman–Crippen LogP) is 7.33. The second kappa shape index (κ2) is 7.70. The molecule has 1 N–H and O–H groups in total. The van der Waals surface area contributed by atoms with E-state index in [1.807, 2.05) is 0 Å². The van der Waals surface area contributed by atoms with Crippen LogP contribution >= 0.6 is 0 Å². The number of aliphatic hydroxyl groups is 1. The molecule has 0 aromatic heterocycles. The largest absolute Gasteiger partial charge is 0.393 e. The smallest absolute Gasteiger partial charge is 0.0546 e. The van der Waals surface area contributed by atoms with Crippen LogP contribution < -0.4 is 0 Å². The van der Waals surface area contributed by atoms with E-state index in [9.17, 15) is 5.11 Å². The van der Waals surface area contributed by atoms with Crippen LogP contribution in [0.15, 0.2) is 35.5 Å². The fourth-order valence-electron chi connectivity index (χ4n) is 7.49. The number of aliphatic hydroxyl groups excluding tert-OH is 1. The quantitative estimate of drug-likeness (QED) is 0.493. The van der Waals surface area contributed by atoms with Crippen LogP contribution in [-0.2, 0) is 0 Å². The van der Waals surface area contributed by atoms with Crippen LogP contribution in [0.3, 0.4) is 0 Å². The molecule has 4 rings (SSSR count). The van der Waals surface area contributed by atoms with Gasteiger partial charge in [0.05, 0.1) is 6.10 Å². The fourth-order valence-corrected chi connectivity index (χ4v) is 7.49. The predicted molar refractivity (Wildman–Crippen MR) is 123 cm³/mol. The Morgan fingerprint density at radius 1 is 1.03 bits per heavy atom. The molecule has 0 heterocycles. The molecule has 2 saturated carbocycles. The van der Waals surface area contributed by atoms with Crippen LogP contribution in [0.4, 0.5) is 0 Å². The molecule has 0 aromatic rings. The van der Waals surface area contributed by atoms with E-state index in [2.05, 4.69) is 65.8 Å². The van der Waals surface area contributed by atoms with Crippen molar-refractivity contribution in [3.05, 3.63) is 35.5 Å². The highest BCUT2D eigenvalue weighted by atomic mass is 16.3. The van der Waals surface area contributed by atoms with Crippen molar-refractivity contribution in [3.63, 3.8) is 0 Å². The molecule has 1 nitrogen and oxygen atoms in total. The van der Waals surface area contributed by atoms with Crippen LogP contribution in [0.5, 0.6) is 0 Å². The summed E-state index contributed by atoms with van der Waals surface area (Å²) in [6.45, 7) is 14.6. The minimum absolute atomic E-state index is 0.0922. The van der Waals surface area contributed by atoms with Gasteiger partial charge in [0.1, 0.15) is 0 Å². The molecule has 4 aliphatic carbocycles. The van der Waals surface area contributed by atoms with Gasteiger partial charge in [0.15, 0.2) is 0 Å². The molecule has 4 aliphatic rings. The van der Waals surface area contributed by atoms with Crippen molar-refractivity contribution in [2.75, 3.05) is 0 Å². The van der Waals surface area contributed by atoms with Crippen LogP contribution in [0, 0.1) is 46.3 Å². The molecule has 162 valence electrons. The summed E-state index contributed by atoms with van der Waals surface area (Å²) in [7, 11) is 0. The normalized spacial score (nSPS) is 44.0. The summed E-state index contributed by atoms with van der Waals surface area (Å²) in [5, 5.41) is 10.2. The van der Waals surface area contributed by atoms with Gasteiger partial charge in [-0.05, 0) is 96.9 Å². The summed E-state index contributed by atoms with van der Waals surface area (Å²) in [6.07, 6.45) is 18.4. The molecule has 0 radical (unpaired) electrons. The first-order valence-corrected chi connectivity index (χ1v) is 12.4. The summed E-state index contributed by atoms with van der Waals surface area (Å²) < 4.78 is 0. The van der Waals surface area contributed by atoms with Gasteiger partial charge in [-0.2, -0.15) is 0 Å². The third-order valence-corrected chi connectivity index (χ3v) is 9.99. The van der Waals surface area contributed by atoms with Gasteiger partial charge < -0.3 is 5.11 Å². The third kappa shape index (κ3) is 3.50. The van der Waals surface area contributed by atoms with Gasteiger partial charge >= 0.3 is 0 Å². The number of fused-ring (bicyclic) bond motifs is 4. The third-order valence-electron chi connectivity index (χ3n) is 9.99. The maximum Gasteiger partial charge on any atom is 0.0546 e. The molecule has 29 heavy (non-hydrogen) atoms. The van der Waals surface area contributed by atoms with Crippen LogP contribution in [-0.4, -0.2) is 11.2 Å². The summed E-state index contributed by atoms with van der Waals surface area (Å²) >= 11 is 0. The average Bonchev–Trinajstić information content (AvgIpc) is 3.03. The zero-order chi connectivity index (χ0) is 21.0. The zero-order valence-electron chi connectivity index (χ0n) is 19.7. The molecule has 0 aliphatic heterocycles. The summed E-state index contributed by atoms with van der Waals surface area (Å²) in [5.74, 6) is 4.17. The van der Waals surface area contributed by atoms with E-state index in [4.69, 9.17) is 0 Å². The molecule has 0 amide bonds. The topological polar surface area (TPSA) is 20.2 Å². The van der Waals surface area contributed by atoms with E-state index in [-0.39, 0.29) is 6.10 Å². The summed E-state index contributed by atoms with van der Waals surface area (Å²) in [4.78, 5) is 0. The van der Waals surface area contributed by atoms with Gasteiger partial charge in [-0.1, -0.05) is 71.4 Å². The van der Waals surface area contributed by atoms with Gasteiger partial charge in [0.25, 0.3) is 0 Å². The number of allylic oxidation sites excluding steroid dienone is 6. The van der Waals surface area contributed by atoms with Crippen molar-refractivity contribution in [1.29, 1.82) is 0 Å². The van der Waals surface area contributed by atoms with Gasteiger partial charge in [-0.15, -0.1) is 0 Å². The molecule has 0 bridgehead atoms. The SMILES string of the molecule is CC(C)C(C)/C=C/C(C)[C@H]1CCC2C3=C(CC[C@@]21C)[C@@]1(C)CC[C@H](O)CC1C=C3. The van der Waals surface area contributed by atoms with Crippen LogP contribution in [0.25, 0.3) is 0 Å². The molecule has 0 aromatic carbocycles. The molecule has 8 atom stereocenters. The van der Waals surface area contributed by atoms with Crippen molar-refractivity contribution >= 4 is 0 Å². The Hall–Kier alpha value is -0.820. The molecule has 0 saturated heterocycles. The maximum absolute atomic E-state index is 10.2. The van der Waals surface area contributed by atoms with E-state index in [0.29, 0.717) is 28.6 Å². The first-order valence-electron chi connectivity index (χ1n) is 12.4. The Morgan fingerprint density at radius 2 is 1.79 bits per heavy atom. The van der Waals surface area contributed by atoms with Gasteiger partial charge in [-0.3, -0.25) is 0 Å². The van der Waals surface area contributed by atoms with E-state index >= 15 is 0 Å². The highest BCUT2D eigenvalue weighted by molar-refractivity contribution is 5.42. The first-order chi connectivity index (χ1) is 13.7. The zero-order valence-corrected chi connectivity index (χ0v) is 19.7. The lowest BCUT2D eigenvalue weighted by atomic mass is 9.52. The number of hydrogen-bond acceptors (Lipinski definition) is 1. The Labute approximate surface area is 179 Å². The first kappa shape index (κ1) is 21.4. The molecule has 1 heteroatoms. The standard InChI is InChI=1S/C28H44O/c1-18(2)19(3)7-8-20(4)24-11-12-25-23-10-9-21-17-22(29)13-15-27(21,5)26(23)14-16-28(24,25)6/h7-10,18-22,24-25,29H,11-17H2,1-6H3/b8-7+/t19?,20?,21?,22-,24+,25?,27-,28+/m0/s1. The Kier molecular flexibility index (Phi) is 5.69. The fraction of sp³-hybridized carbons (Fsp3) is 0.786. The molecular weight excluding hydrogens is 352 g/mol. The van der Waals surface area contributed by atoms with Crippen molar-refractivity contribution < 1.29 is 5.11 Å². The molecule has 4 unspecified atom stereocenters. The van der Waals surface area contributed by atoms with Crippen LogP contribution in [0.2, 0.25) is 0 Å². The number of hydrogen-bond donors (Lipinski definition) is 1. The molecule has 0 spiro atoms. The van der Waals surface area contributed by atoms with Crippen molar-refractivity contribution in [2.24, 2.45) is 46.3 Å². The maximum atomic E-state index is 10.2. The minimum Gasteiger partial charge on any atom is -0.393 e. The van der Waals surface area contributed by atoms with E-state index in [1.54, 1.807) is 11.1 Å². The van der Waals surface area contributed by atoms with Crippen molar-refractivity contribution in [1.82, 2.24) is 0 Å². The number of rotatable bonds is 4. The van der Waals surface area contributed by atoms with E-state index in [0.717, 1.165) is 30.6 Å². The van der Waals surface area contributed by atoms with Crippen molar-refractivity contribution in [2.45, 2.75) is 92.6 Å². The monoisotopic (exact) mass is 396 g/mol. The second-order valence-electron chi connectivity index (χ2n) is 11.8. The summed E-state index contributed by atoms with van der Waals surface area (Å²) in [6, 6.07) is 0. The van der Waals surface area contributed by atoms with E-state index < -0.39 is 0 Å². The molecule has 2 fully saturated rings. The Morgan fingerprint density at radius 3 is 2.52 bits per heavy atom. The lowest BCUT2D eigenvalue weighted by Gasteiger charge is -2.53. The average molecular weight is 397 g/mol. The Bertz CT molecular complexity index is 712. The van der Waals surface area contributed by atoms with Gasteiger partial charge in [-0.25, -0.2) is 0 Å². The highest BCUT2D eigenvalue weighted by Crippen LogP contribution is 2.64. The van der Waals surface area contributed by atoms with Gasteiger partial charge in [0.2, 0.25) is 0 Å². The Balaban J connectivity index is 1.57. The minimum atomic E-state index is -0.0922. The second-order valence-corrected chi connectivity index (χ2v) is 11.8. The van der Waals surface area contributed by atoms with Gasteiger partial charge in [0, 0.05) is 0 Å². The van der Waals surface area contributed by atoms with Crippen LogP contribution in [0.1, 0.15) is 86.5 Å². The molecular formula is C28H44O. The lowest BCUT2D eigenvalue weighted by molar-refractivity contribution is 0.0443.